The van der Waals surface area contributed by atoms with Crippen molar-refractivity contribution in [2.24, 2.45) is 11.7 Å². The number of carbonyl (C=O) groups excluding carboxylic acids is 2. The van der Waals surface area contributed by atoms with Gasteiger partial charge in [0.15, 0.2) is 0 Å². The Morgan fingerprint density at radius 1 is 1.33 bits per heavy atom. The van der Waals surface area contributed by atoms with E-state index in [9.17, 15) is 9.59 Å². The Hall–Kier alpha value is -1.63. The third kappa shape index (κ3) is 6.48. The number of benzene rings is 1. The van der Waals surface area contributed by atoms with Crippen molar-refractivity contribution in [1.82, 2.24) is 5.32 Å². The van der Waals surface area contributed by atoms with Crippen molar-refractivity contribution in [2.75, 3.05) is 13.2 Å². The molecule has 2 rings (SSSR count). The summed E-state index contributed by atoms with van der Waals surface area (Å²) < 4.78 is 10.9. The maximum absolute atomic E-state index is 12.8. The van der Waals surface area contributed by atoms with Crippen molar-refractivity contribution in [3.8, 4) is 0 Å². The Balaban J connectivity index is 0.00000364. The van der Waals surface area contributed by atoms with Crippen molar-refractivity contribution < 1.29 is 19.1 Å². The van der Waals surface area contributed by atoms with Crippen LogP contribution in [0, 0.1) is 5.92 Å². The van der Waals surface area contributed by atoms with Gasteiger partial charge in [-0.05, 0) is 11.5 Å². The number of nitrogens with one attached hydrogen (secondary N) is 1. The van der Waals surface area contributed by atoms with E-state index >= 15 is 0 Å². The second kappa shape index (κ2) is 11.3. The first kappa shape index (κ1) is 23.4. The van der Waals surface area contributed by atoms with E-state index in [1.54, 1.807) is 0 Å². The molecule has 3 N–H and O–H groups in total. The molecule has 0 aromatic heterocycles. The molecule has 1 saturated heterocycles. The van der Waals surface area contributed by atoms with Gasteiger partial charge in [0, 0.05) is 18.4 Å². The summed E-state index contributed by atoms with van der Waals surface area (Å²) in [5.74, 6) is -0.560. The lowest BCUT2D eigenvalue weighted by molar-refractivity contribution is -0.144. The number of hydrogen-bond donors (Lipinski definition) is 2. The summed E-state index contributed by atoms with van der Waals surface area (Å²) in [6.07, 6.45) is 0.716. The quantitative estimate of drug-likeness (QED) is 0.623. The first-order valence-corrected chi connectivity index (χ1v) is 9.33. The zero-order valence-electron chi connectivity index (χ0n) is 16.2. The second-order valence-corrected chi connectivity index (χ2v) is 7.02. The lowest BCUT2D eigenvalue weighted by Gasteiger charge is -2.27. The summed E-state index contributed by atoms with van der Waals surface area (Å²) in [4.78, 5) is 24.5. The number of carbonyl (C=O) groups is 2. The molecular weight excluding hydrogens is 368 g/mol. The number of amides is 1. The second-order valence-electron chi connectivity index (χ2n) is 7.02. The van der Waals surface area contributed by atoms with E-state index in [4.69, 9.17) is 15.2 Å². The van der Waals surface area contributed by atoms with Gasteiger partial charge >= 0.3 is 5.97 Å². The molecule has 0 radical (unpaired) electrons. The molecular formula is C20H31ClN2O4. The minimum atomic E-state index is -0.721. The van der Waals surface area contributed by atoms with E-state index in [2.05, 4.69) is 19.2 Å². The first-order valence-electron chi connectivity index (χ1n) is 9.33. The molecule has 1 aliphatic rings. The lowest BCUT2D eigenvalue weighted by atomic mass is 9.94. The van der Waals surface area contributed by atoms with Crippen LogP contribution in [0.25, 0.3) is 0 Å². The summed E-state index contributed by atoms with van der Waals surface area (Å²) in [7, 11) is 0. The number of nitrogens with two attached hydrogens (primary N) is 1. The fraction of sp³-hybridized carbons (Fsp3) is 0.600. The van der Waals surface area contributed by atoms with Gasteiger partial charge in [-0.15, -0.1) is 12.4 Å². The monoisotopic (exact) mass is 398 g/mol. The molecule has 0 aliphatic carbocycles. The highest BCUT2D eigenvalue weighted by Gasteiger charge is 2.34. The van der Waals surface area contributed by atoms with E-state index in [0.717, 1.165) is 12.0 Å². The van der Waals surface area contributed by atoms with Crippen molar-refractivity contribution in [1.29, 1.82) is 0 Å². The summed E-state index contributed by atoms with van der Waals surface area (Å²) in [6.45, 7) is 6.72. The molecule has 0 saturated carbocycles. The normalized spacial score (nSPS) is 20.7. The van der Waals surface area contributed by atoms with Crippen LogP contribution in [0.5, 0.6) is 0 Å². The predicted molar refractivity (Wildman–Crippen MR) is 107 cm³/mol. The van der Waals surface area contributed by atoms with Crippen LogP contribution >= 0.6 is 12.4 Å². The molecule has 0 bridgehead atoms. The van der Waals surface area contributed by atoms with Crippen molar-refractivity contribution in [2.45, 2.75) is 57.7 Å². The Bertz CT molecular complexity index is 599. The molecule has 1 heterocycles. The van der Waals surface area contributed by atoms with Gasteiger partial charge in [-0.3, -0.25) is 4.79 Å². The molecule has 1 aliphatic heterocycles. The minimum absolute atomic E-state index is 0. The molecule has 1 amide bonds. The number of esters is 1. The summed E-state index contributed by atoms with van der Waals surface area (Å²) in [5, 5.41) is 2.77. The predicted octanol–water partition coefficient (Wildman–Crippen LogP) is 2.40. The molecule has 1 aromatic rings. The van der Waals surface area contributed by atoms with Gasteiger partial charge in [0.2, 0.25) is 5.91 Å². The summed E-state index contributed by atoms with van der Waals surface area (Å²) >= 11 is 0. The Morgan fingerprint density at radius 3 is 2.56 bits per heavy atom. The molecule has 1 aromatic carbocycles. The molecule has 5 atom stereocenters. The Kier molecular flexibility index (Phi) is 9.77. The van der Waals surface area contributed by atoms with Crippen LogP contribution < -0.4 is 11.1 Å². The highest BCUT2D eigenvalue weighted by Crippen LogP contribution is 2.23. The smallest absolute Gasteiger partial charge is 0.328 e. The average Bonchev–Trinajstić information content (AvgIpc) is 3.06. The van der Waals surface area contributed by atoms with Gasteiger partial charge in [-0.2, -0.15) is 0 Å². The summed E-state index contributed by atoms with van der Waals surface area (Å²) in [5.41, 5.74) is 7.17. The molecule has 0 spiro atoms. The zero-order chi connectivity index (χ0) is 19.1. The highest BCUT2D eigenvalue weighted by molar-refractivity contribution is 5.88. The van der Waals surface area contributed by atoms with Gasteiger partial charge in [0.25, 0.3) is 0 Å². The third-order valence-electron chi connectivity index (χ3n) is 5.13. The van der Waals surface area contributed by atoms with E-state index in [-0.39, 0.29) is 36.2 Å². The topological polar surface area (TPSA) is 90.7 Å². The van der Waals surface area contributed by atoms with Crippen molar-refractivity contribution >= 4 is 24.3 Å². The van der Waals surface area contributed by atoms with Crippen molar-refractivity contribution in [3.05, 3.63) is 35.9 Å². The minimum Gasteiger partial charge on any atom is -0.464 e. The average molecular weight is 399 g/mol. The number of cyclic esters (lactones) is 1. The number of halogens is 1. The zero-order valence-corrected chi connectivity index (χ0v) is 17.0. The van der Waals surface area contributed by atoms with E-state index in [0.29, 0.717) is 25.6 Å². The SMILES string of the molecule is CCC(C)C(N)COC(C(=O)N[C@H]1CCOC1=O)[C@@H](C)c1ccccc1.Cl. The Morgan fingerprint density at radius 2 is 2.00 bits per heavy atom. The fourth-order valence-electron chi connectivity index (χ4n) is 2.94. The maximum Gasteiger partial charge on any atom is 0.328 e. The molecule has 7 heteroatoms. The number of hydrogen-bond acceptors (Lipinski definition) is 5. The van der Waals surface area contributed by atoms with Crippen LogP contribution in [0.1, 0.15) is 45.1 Å². The third-order valence-corrected chi connectivity index (χ3v) is 5.13. The highest BCUT2D eigenvalue weighted by atomic mass is 35.5. The van der Waals surface area contributed by atoms with Crippen LogP contribution in [0.2, 0.25) is 0 Å². The molecule has 3 unspecified atom stereocenters. The van der Waals surface area contributed by atoms with Gasteiger partial charge in [0.1, 0.15) is 12.1 Å². The van der Waals surface area contributed by atoms with Crippen molar-refractivity contribution in [3.63, 3.8) is 0 Å². The number of rotatable bonds is 9. The van der Waals surface area contributed by atoms with Crippen LogP contribution in [-0.2, 0) is 19.1 Å². The first-order chi connectivity index (χ1) is 12.4. The Labute approximate surface area is 167 Å². The van der Waals surface area contributed by atoms with Crippen LogP contribution in [0.4, 0.5) is 0 Å². The van der Waals surface area contributed by atoms with Gasteiger partial charge in [0.05, 0.1) is 13.2 Å². The molecule has 152 valence electrons. The standard InChI is InChI=1S/C20H30N2O4.ClH/c1-4-13(2)16(21)12-26-18(14(3)15-8-6-5-7-9-15)19(23)22-17-10-11-25-20(17)24;/h5-9,13-14,16-18H,4,10-12,21H2,1-3H3,(H,22,23);1H/t13?,14-,16?,17-,18?;/m0./s1. The van der Waals surface area contributed by atoms with Crippen LogP contribution in [0.15, 0.2) is 30.3 Å². The van der Waals surface area contributed by atoms with Gasteiger partial charge < -0.3 is 20.5 Å². The fourth-order valence-corrected chi connectivity index (χ4v) is 2.94. The largest absolute Gasteiger partial charge is 0.464 e. The molecule has 6 nitrogen and oxygen atoms in total. The van der Waals surface area contributed by atoms with Gasteiger partial charge in [-0.1, -0.05) is 57.5 Å². The molecule has 27 heavy (non-hydrogen) atoms. The lowest BCUT2D eigenvalue weighted by Crippen LogP contribution is -2.47. The molecule has 1 fully saturated rings. The van der Waals surface area contributed by atoms with Gasteiger partial charge in [-0.25, -0.2) is 4.79 Å². The van der Waals surface area contributed by atoms with Crippen LogP contribution in [0.3, 0.4) is 0 Å². The van der Waals surface area contributed by atoms with E-state index < -0.39 is 12.1 Å². The summed E-state index contributed by atoms with van der Waals surface area (Å²) in [6, 6.07) is 8.98. The van der Waals surface area contributed by atoms with Crippen LogP contribution in [-0.4, -0.2) is 43.3 Å². The number of ether oxygens (including phenoxy) is 2. The maximum atomic E-state index is 12.8. The van der Waals surface area contributed by atoms with E-state index in [1.165, 1.54) is 0 Å². The van der Waals surface area contributed by atoms with E-state index in [1.807, 2.05) is 37.3 Å².